The molecule has 0 aliphatic carbocycles. The summed E-state index contributed by atoms with van der Waals surface area (Å²) in [7, 11) is 3.86. The predicted octanol–water partition coefficient (Wildman–Crippen LogP) is 1.34. The maximum atomic E-state index is 4.44. The van der Waals surface area contributed by atoms with Crippen LogP contribution in [0.1, 0.15) is 30.9 Å². The van der Waals surface area contributed by atoms with Crippen LogP contribution in [-0.4, -0.2) is 26.4 Å². The van der Waals surface area contributed by atoms with E-state index >= 15 is 0 Å². The number of hydrogen-bond donors (Lipinski definition) is 1. The van der Waals surface area contributed by atoms with Crippen LogP contribution in [0.4, 0.5) is 0 Å². The smallest absolute Gasteiger partial charge is 0.132 e. The van der Waals surface area contributed by atoms with E-state index in [1.165, 1.54) is 0 Å². The Morgan fingerprint density at radius 1 is 1.41 bits per heavy atom. The summed E-state index contributed by atoms with van der Waals surface area (Å²) in [5.41, 5.74) is 0.999. The van der Waals surface area contributed by atoms with Gasteiger partial charge in [-0.25, -0.2) is 4.98 Å². The highest BCUT2D eigenvalue weighted by Crippen LogP contribution is 2.18. The number of rotatable bonds is 5. The molecule has 5 nitrogen and oxygen atoms in total. The zero-order valence-corrected chi connectivity index (χ0v) is 10.6. The van der Waals surface area contributed by atoms with Crippen molar-refractivity contribution in [2.24, 2.45) is 7.05 Å². The first-order valence-electron chi connectivity index (χ1n) is 5.94. The van der Waals surface area contributed by atoms with Gasteiger partial charge in [0.25, 0.3) is 0 Å². The summed E-state index contributed by atoms with van der Waals surface area (Å²) in [6, 6.07) is 2.07. The Kier molecular flexibility index (Phi) is 3.58. The highest BCUT2D eigenvalue weighted by atomic mass is 15.3. The van der Waals surface area contributed by atoms with E-state index in [0.29, 0.717) is 0 Å². The van der Waals surface area contributed by atoms with E-state index in [0.717, 1.165) is 24.5 Å². The highest BCUT2D eigenvalue weighted by molar-refractivity contribution is 5.16. The molecule has 2 aromatic rings. The van der Waals surface area contributed by atoms with Gasteiger partial charge in [0, 0.05) is 32.2 Å². The maximum absolute atomic E-state index is 4.44. The van der Waals surface area contributed by atoms with Crippen LogP contribution < -0.4 is 5.32 Å². The monoisotopic (exact) mass is 233 g/mol. The molecule has 1 N–H and O–H groups in total. The molecule has 0 saturated carbocycles. The third kappa shape index (κ3) is 2.39. The van der Waals surface area contributed by atoms with Crippen LogP contribution in [0.5, 0.6) is 0 Å². The number of aromatic nitrogens is 4. The quantitative estimate of drug-likeness (QED) is 0.847. The number of imidazole rings is 1. The van der Waals surface area contributed by atoms with Crippen molar-refractivity contribution in [3.63, 3.8) is 0 Å². The molecule has 0 aromatic carbocycles. The van der Waals surface area contributed by atoms with E-state index in [2.05, 4.69) is 26.9 Å². The minimum atomic E-state index is 0.0535. The lowest BCUT2D eigenvalue weighted by Gasteiger charge is -2.15. The van der Waals surface area contributed by atoms with Gasteiger partial charge in [-0.05, 0) is 19.5 Å². The van der Waals surface area contributed by atoms with Crippen LogP contribution in [0.25, 0.3) is 0 Å². The third-order valence-corrected chi connectivity index (χ3v) is 2.79. The Morgan fingerprint density at radius 3 is 2.82 bits per heavy atom. The molecule has 0 amide bonds. The fraction of sp³-hybridized carbons (Fsp3) is 0.500. The molecule has 1 atom stereocenters. The predicted molar refractivity (Wildman–Crippen MR) is 66.6 cm³/mol. The molecule has 5 heteroatoms. The molecular formula is C12H19N5. The van der Waals surface area contributed by atoms with Crippen LogP contribution in [0.3, 0.4) is 0 Å². The lowest BCUT2D eigenvalue weighted by molar-refractivity contribution is 0.552. The van der Waals surface area contributed by atoms with Crippen molar-refractivity contribution in [2.75, 3.05) is 7.05 Å². The van der Waals surface area contributed by atoms with Crippen molar-refractivity contribution in [2.45, 2.75) is 25.9 Å². The van der Waals surface area contributed by atoms with Gasteiger partial charge in [-0.2, -0.15) is 5.10 Å². The average molecular weight is 233 g/mol. The summed E-state index contributed by atoms with van der Waals surface area (Å²) in [4.78, 5) is 4.44. The summed E-state index contributed by atoms with van der Waals surface area (Å²) in [5, 5.41) is 7.71. The first-order chi connectivity index (χ1) is 8.26. The Morgan fingerprint density at radius 2 is 2.24 bits per heavy atom. The number of nitrogens with one attached hydrogen (secondary N) is 1. The fourth-order valence-corrected chi connectivity index (χ4v) is 2.01. The summed E-state index contributed by atoms with van der Waals surface area (Å²) in [5.74, 6) is 1.02. The topological polar surface area (TPSA) is 47.7 Å². The minimum absolute atomic E-state index is 0.0535. The minimum Gasteiger partial charge on any atom is -0.333 e. The van der Waals surface area contributed by atoms with Gasteiger partial charge in [0.1, 0.15) is 11.9 Å². The van der Waals surface area contributed by atoms with E-state index < -0.39 is 0 Å². The van der Waals surface area contributed by atoms with Gasteiger partial charge in [-0.3, -0.25) is 4.68 Å². The normalized spacial score (nSPS) is 12.9. The van der Waals surface area contributed by atoms with Crippen LogP contribution in [0.2, 0.25) is 0 Å². The summed E-state index contributed by atoms with van der Waals surface area (Å²) in [6.07, 6.45) is 6.92. The van der Waals surface area contributed by atoms with Crippen molar-refractivity contribution in [1.29, 1.82) is 0 Å². The van der Waals surface area contributed by atoms with Gasteiger partial charge in [0.05, 0.1) is 5.69 Å². The van der Waals surface area contributed by atoms with Gasteiger partial charge in [0.2, 0.25) is 0 Å². The molecule has 2 aromatic heterocycles. The van der Waals surface area contributed by atoms with E-state index in [4.69, 9.17) is 0 Å². The van der Waals surface area contributed by atoms with Crippen LogP contribution in [-0.2, 0) is 13.6 Å². The van der Waals surface area contributed by atoms with Gasteiger partial charge < -0.3 is 9.88 Å². The van der Waals surface area contributed by atoms with Crippen molar-refractivity contribution in [1.82, 2.24) is 24.6 Å². The van der Waals surface area contributed by atoms with Gasteiger partial charge >= 0.3 is 0 Å². The van der Waals surface area contributed by atoms with E-state index in [1.807, 2.05) is 43.4 Å². The molecular weight excluding hydrogens is 214 g/mol. The zero-order chi connectivity index (χ0) is 12.3. The van der Waals surface area contributed by atoms with Crippen molar-refractivity contribution < 1.29 is 0 Å². The fourth-order valence-electron chi connectivity index (χ4n) is 2.01. The summed E-state index contributed by atoms with van der Waals surface area (Å²) >= 11 is 0. The molecule has 2 rings (SSSR count). The molecule has 0 saturated heterocycles. The van der Waals surface area contributed by atoms with Crippen LogP contribution in [0, 0.1) is 0 Å². The number of nitrogens with zero attached hydrogens (tertiary/aromatic N) is 4. The lowest BCUT2D eigenvalue weighted by Crippen LogP contribution is -2.22. The number of aryl methyl sites for hydroxylation is 2. The molecule has 1 unspecified atom stereocenters. The largest absolute Gasteiger partial charge is 0.333 e. The second-order valence-electron chi connectivity index (χ2n) is 4.11. The van der Waals surface area contributed by atoms with Crippen LogP contribution >= 0.6 is 0 Å². The van der Waals surface area contributed by atoms with Crippen molar-refractivity contribution in [3.05, 3.63) is 36.2 Å². The summed E-state index contributed by atoms with van der Waals surface area (Å²) in [6.45, 7) is 3.15. The first kappa shape index (κ1) is 11.9. The Labute approximate surface area is 101 Å². The van der Waals surface area contributed by atoms with Gasteiger partial charge in [0.15, 0.2) is 0 Å². The second-order valence-corrected chi connectivity index (χ2v) is 4.11. The van der Waals surface area contributed by atoms with Crippen LogP contribution in [0.15, 0.2) is 24.7 Å². The Balaban J connectivity index is 2.31. The Bertz CT molecular complexity index is 471. The third-order valence-electron chi connectivity index (χ3n) is 2.79. The highest BCUT2D eigenvalue weighted by Gasteiger charge is 2.19. The maximum Gasteiger partial charge on any atom is 0.132 e. The molecule has 0 fully saturated rings. The first-order valence-corrected chi connectivity index (χ1v) is 5.94. The SMILES string of the molecule is CCCn1ccnc1C(NC)c1ccn(C)n1. The molecule has 17 heavy (non-hydrogen) atoms. The van der Waals surface area contributed by atoms with E-state index in [-0.39, 0.29) is 6.04 Å². The zero-order valence-electron chi connectivity index (χ0n) is 10.6. The van der Waals surface area contributed by atoms with E-state index in [9.17, 15) is 0 Å². The number of hydrogen-bond acceptors (Lipinski definition) is 3. The van der Waals surface area contributed by atoms with E-state index in [1.54, 1.807) is 0 Å². The van der Waals surface area contributed by atoms with Crippen molar-refractivity contribution in [3.8, 4) is 0 Å². The molecule has 2 heterocycles. The summed E-state index contributed by atoms with van der Waals surface area (Å²) < 4.78 is 3.99. The van der Waals surface area contributed by atoms with Crippen molar-refractivity contribution >= 4 is 0 Å². The molecule has 0 radical (unpaired) electrons. The second kappa shape index (κ2) is 5.14. The van der Waals surface area contributed by atoms with Gasteiger partial charge in [-0.1, -0.05) is 6.92 Å². The molecule has 0 bridgehead atoms. The lowest BCUT2D eigenvalue weighted by atomic mass is 10.2. The standard InChI is InChI=1S/C12H19N5/c1-4-7-17-9-6-14-12(17)11(13-2)10-5-8-16(3)15-10/h5-6,8-9,11,13H,4,7H2,1-3H3. The Hall–Kier alpha value is -1.62. The average Bonchev–Trinajstić information content (AvgIpc) is 2.91. The van der Waals surface area contributed by atoms with Gasteiger partial charge in [-0.15, -0.1) is 0 Å². The molecule has 0 aliphatic rings. The molecule has 0 spiro atoms. The molecule has 0 aliphatic heterocycles. The molecule has 92 valence electrons.